The largest absolute Gasteiger partial charge is 0.494 e. The zero-order valence-electron chi connectivity index (χ0n) is 22.5. The van der Waals surface area contributed by atoms with Gasteiger partial charge in [-0.2, -0.15) is 0 Å². The molecule has 0 spiro atoms. The Bertz CT molecular complexity index is 1170. The number of carbonyl (C=O) groups excluding carboxylic acids is 2. The smallest absolute Gasteiger partial charge is 0.386 e. The average Bonchev–Trinajstić information content (AvgIpc) is 2.96. The van der Waals surface area contributed by atoms with Crippen LogP contribution in [0.5, 0.6) is 5.75 Å². The predicted octanol–water partition coefficient (Wildman–Crippen LogP) is 8.39. The van der Waals surface area contributed by atoms with Crippen molar-refractivity contribution in [2.75, 3.05) is 6.61 Å². The molecular weight excluding hydrogens is 476 g/mol. The molecule has 0 heterocycles. The van der Waals surface area contributed by atoms with E-state index in [2.05, 4.69) is 32.6 Å². The van der Waals surface area contributed by atoms with E-state index in [0.717, 1.165) is 61.6 Å². The standard InChI is InChI=1S/C33H38O5/c1-4-6-7-8-9-13-22-36-30-19-16-27(17-20-30)32(34)37-38-33(35)28-18-21-31(26-14-11-10-12-15-26)29(24-28)23-25(3)5-2/h4,10-12,14-21,24-25H,1,5-9,13,22-23H2,2-3H3. The van der Waals surface area contributed by atoms with E-state index in [4.69, 9.17) is 14.5 Å². The van der Waals surface area contributed by atoms with Crippen molar-refractivity contribution in [3.8, 4) is 16.9 Å². The fraction of sp³-hybridized carbons (Fsp3) is 0.333. The van der Waals surface area contributed by atoms with Crippen molar-refractivity contribution in [2.24, 2.45) is 5.92 Å². The Morgan fingerprint density at radius 3 is 2.18 bits per heavy atom. The maximum atomic E-state index is 12.7. The lowest BCUT2D eigenvalue weighted by Crippen LogP contribution is -2.12. The molecule has 1 atom stereocenters. The van der Waals surface area contributed by atoms with E-state index in [0.29, 0.717) is 23.8 Å². The fourth-order valence-electron chi connectivity index (χ4n) is 4.10. The third kappa shape index (κ3) is 8.91. The summed E-state index contributed by atoms with van der Waals surface area (Å²) in [5.41, 5.74) is 3.83. The third-order valence-corrected chi connectivity index (χ3v) is 6.55. The van der Waals surface area contributed by atoms with Gasteiger partial charge >= 0.3 is 11.9 Å². The Kier molecular flexibility index (Phi) is 11.6. The first kappa shape index (κ1) is 28.7. The number of hydrogen-bond donors (Lipinski definition) is 0. The summed E-state index contributed by atoms with van der Waals surface area (Å²) in [6.07, 6.45) is 9.25. The molecule has 0 bridgehead atoms. The summed E-state index contributed by atoms with van der Waals surface area (Å²) < 4.78 is 5.73. The molecule has 0 amide bonds. The third-order valence-electron chi connectivity index (χ3n) is 6.55. The van der Waals surface area contributed by atoms with Crippen LogP contribution < -0.4 is 4.74 Å². The van der Waals surface area contributed by atoms with Crippen molar-refractivity contribution in [1.29, 1.82) is 0 Å². The van der Waals surface area contributed by atoms with E-state index in [1.165, 1.54) is 0 Å². The molecule has 38 heavy (non-hydrogen) atoms. The highest BCUT2D eigenvalue weighted by Gasteiger charge is 2.17. The molecule has 3 rings (SSSR count). The molecule has 3 aromatic rings. The van der Waals surface area contributed by atoms with Gasteiger partial charge in [0, 0.05) is 0 Å². The molecule has 0 saturated heterocycles. The van der Waals surface area contributed by atoms with Crippen molar-refractivity contribution in [2.45, 2.75) is 58.8 Å². The average molecular weight is 515 g/mol. The molecule has 3 aromatic carbocycles. The van der Waals surface area contributed by atoms with Crippen LogP contribution in [0, 0.1) is 5.92 Å². The first-order valence-electron chi connectivity index (χ1n) is 13.5. The van der Waals surface area contributed by atoms with Crippen LogP contribution in [0.2, 0.25) is 0 Å². The summed E-state index contributed by atoms with van der Waals surface area (Å²) in [6.45, 7) is 8.69. The van der Waals surface area contributed by atoms with Gasteiger partial charge in [-0.1, -0.05) is 75.6 Å². The van der Waals surface area contributed by atoms with Crippen LogP contribution in [0.4, 0.5) is 0 Å². The number of allylic oxidation sites excluding steroid dienone is 1. The number of rotatable bonds is 14. The molecule has 0 aromatic heterocycles. The van der Waals surface area contributed by atoms with E-state index in [1.807, 2.05) is 36.4 Å². The minimum absolute atomic E-state index is 0.270. The van der Waals surface area contributed by atoms with Gasteiger partial charge in [-0.3, -0.25) is 0 Å². The minimum Gasteiger partial charge on any atom is -0.494 e. The molecule has 0 fully saturated rings. The number of ether oxygens (including phenoxy) is 1. The zero-order chi connectivity index (χ0) is 27.2. The molecular formula is C33H38O5. The summed E-state index contributed by atoms with van der Waals surface area (Å²) >= 11 is 0. The van der Waals surface area contributed by atoms with Gasteiger partial charge < -0.3 is 4.74 Å². The lowest BCUT2D eigenvalue weighted by Gasteiger charge is -2.15. The summed E-state index contributed by atoms with van der Waals surface area (Å²) in [5.74, 6) is -0.322. The second kappa shape index (κ2) is 15.4. The first-order chi connectivity index (χ1) is 18.5. The molecule has 0 aliphatic rings. The summed E-state index contributed by atoms with van der Waals surface area (Å²) in [6, 6.07) is 22.1. The molecule has 5 heteroatoms. The van der Waals surface area contributed by atoms with E-state index in [1.54, 1.807) is 30.3 Å². The molecule has 0 aliphatic heterocycles. The fourth-order valence-corrected chi connectivity index (χ4v) is 4.10. The van der Waals surface area contributed by atoms with Gasteiger partial charge in [-0.05, 0) is 84.7 Å². The van der Waals surface area contributed by atoms with E-state index < -0.39 is 11.9 Å². The number of carbonyl (C=O) groups is 2. The number of hydrogen-bond acceptors (Lipinski definition) is 5. The summed E-state index contributed by atoms with van der Waals surface area (Å²) in [7, 11) is 0. The van der Waals surface area contributed by atoms with E-state index >= 15 is 0 Å². The molecule has 0 saturated carbocycles. The van der Waals surface area contributed by atoms with E-state index in [-0.39, 0.29) is 5.56 Å². The molecule has 0 N–H and O–H groups in total. The van der Waals surface area contributed by atoms with Crippen molar-refractivity contribution < 1.29 is 24.1 Å². The van der Waals surface area contributed by atoms with Crippen LogP contribution in [0.1, 0.15) is 78.7 Å². The zero-order valence-corrected chi connectivity index (χ0v) is 22.5. The molecule has 0 radical (unpaired) electrons. The van der Waals surface area contributed by atoms with Gasteiger partial charge in [0.05, 0.1) is 17.7 Å². The number of unbranched alkanes of at least 4 members (excludes halogenated alkanes) is 4. The molecule has 1 unspecified atom stereocenters. The summed E-state index contributed by atoms with van der Waals surface area (Å²) in [4.78, 5) is 34.9. The minimum atomic E-state index is -0.743. The molecule has 200 valence electrons. The highest BCUT2D eigenvalue weighted by Crippen LogP contribution is 2.28. The van der Waals surface area contributed by atoms with Crippen molar-refractivity contribution in [3.05, 3.63) is 102 Å². The van der Waals surface area contributed by atoms with Crippen LogP contribution in [0.3, 0.4) is 0 Å². The quantitative estimate of drug-likeness (QED) is 0.0935. The Morgan fingerprint density at radius 1 is 0.842 bits per heavy atom. The SMILES string of the molecule is C=CCCCCCCOc1ccc(C(=O)OOC(=O)c2ccc(-c3ccccc3)c(CC(C)CC)c2)cc1. The van der Waals surface area contributed by atoms with E-state index in [9.17, 15) is 9.59 Å². The maximum absolute atomic E-state index is 12.7. The number of benzene rings is 3. The second-order valence-corrected chi connectivity index (χ2v) is 9.56. The lowest BCUT2D eigenvalue weighted by molar-refractivity contribution is -0.187. The van der Waals surface area contributed by atoms with Crippen LogP contribution in [0.15, 0.2) is 85.5 Å². The first-order valence-corrected chi connectivity index (χ1v) is 13.5. The van der Waals surface area contributed by atoms with Gasteiger partial charge in [0.2, 0.25) is 0 Å². The Labute approximate surface area is 226 Å². The van der Waals surface area contributed by atoms with Crippen LogP contribution in [-0.2, 0) is 16.2 Å². The van der Waals surface area contributed by atoms with Gasteiger partial charge in [0.1, 0.15) is 5.75 Å². The van der Waals surface area contributed by atoms with Crippen LogP contribution in [-0.4, -0.2) is 18.5 Å². The Balaban J connectivity index is 1.54. The van der Waals surface area contributed by atoms with Crippen molar-refractivity contribution >= 4 is 11.9 Å². The molecule has 5 nitrogen and oxygen atoms in total. The van der Waals surface area contributed by atoms with Gasteiger partial charge in [0.15, 0.2) is 0 Å². The predicted molar refractivity (Wildman–Crippen MR) is 151 cm³/mol. The van der Waals surface area contributed by atoms with Gasteiger partial charge in [0.25, 0.3) is 0 Å². The Hall–Kier alpha value is -3.86. The molecule has 0 aliphatic carbocycles. The van der Waals surface area contributed by atoms with Crippen LogP contribution >= 0.6 is 0 Å². The van der Waals surface area contributed by atoms with Crippen LogP contribution in [0.25, 0.3) is 11.1 Å². The monoisotopic (exact) mass is 514 g/mol. The topological polar surface area (TPSA) is 61.8 Å². The van der Waals surface area contributed by atoms with Crippen molar-refractivity contribution in [3.63, 3.8) is 0 Å². The summed E-state index contributed by atoms with van der Waals surface area (Å²) in [5, 5.41) is 0. The van der Waals surface area contributed by atoms with Crippen molar-refractivity contribution in [1.82, 2.24) is 0 Å². The normalized spacial score (nSPS) is 11.4. The Morgan fingerprint density at radius 2 is 1.50 bits per heavy atom. The maximum Gasteiger partial charge on any atom is 0.386 e. The lowest BCUT2D eigenvalue weighted by atomic mass is 9.90. The highest BCUT2D eigenvalue weighted by atomic mass is 17.2. The highest BCUT2D eigenvalue weighted by molar-refractivity contribution is 5.93. The van der Waals surface area contributed by atoms with Gasteiger partial charge in [-0.15, -0.1) is 6.58 Å². The second-order valence-electron chi connectivity index (χ2n) is 9.56. The van der Waals surface area contributed by atoms with Gasteiger partial charge in [-0.25, -0.2) is 19.4 Å².